The fourth-order valence-corrected chi connectivity index (χ4v) is 6.78. The van der Waals surface area contributed by atoms with Gasteiger partial charge in [-0.2, -0.15) is 0 Å². The molecule has 342 valence electrons. The van der Waals surface area contributed by atoms with Crippen LogP contribution in [0.3, 0.4) is 0 Å². The number of carbonyl (C=O) groups excluding carboxylic acids is 4. The van der Waals surface area contributed by atoms with Crippen molar-refractivity contribution in [2.45, 2.75) is 104 Å². The second kappa shape index (κ2) is 27.5. The summed E-state index contributed by atoms with van der Waals surface area (Å²) in [4.78, 5) is 49.9. The van der Waals surface area contributed by atoms with Crippen molar-refractivity contribution in [3.05, 3.63) is 150 Å². The first-order valence-electron chi connectivity index (χ1n) is 22.9. The fraction of sp³-hybridized carbons (Fsp3) is 0.345. The Morgan fingerprint density at radius 2 is 0.677 bits per heavy atom. The zero-order chi connectivity index (χ0) is 46.1. The number of esters is 4. The molecule has 0 amide bonds. The topological polar surface area (TPSA) is 124 Å². The van der Waals surface area contributed by atoms with Crippen molar-refractivity contribution in [1.29, 1.82) is 0 Å². The van der Waals surface area contributed by atoms with E-state index in [2.05, 4.69) is 13.5 Å². The summed E-state index contributed by atoms with van der Waals surface area (Å²) in [6.07, 6.45) is 16.2. The van der Waals surface area contributed by atoms with Crippen LogP contribution in [0.15, 0.2) is 133 Å². The molecule has 65 heavy (non-hydrogen) atoms. The molecule has 0 atom stereocenters. The predicted molar refractivity (Wildman–Crippen MR) is 253 cm³/mol. The summed E-state index contributed by atoms with van der Waals surface area (Å²) >= 11 is 0. The van der Waals surface area contributed by atoms with Crippen LogP contribution in [0.25, 0.3) is 11.1 Å². The Kier molecular flexibility index (Phi) is 20.9. The van der Waals surface area contributed by atoms with Crippen LogP contribution >= 0.6 is 0 Å². The van der Waals surface area contributed by atoms with E-state index in [-0.39, 0.29) is 5.97 Å². The Balaban J connectivity index is 0.971. The number of rotatable bonds is 28. The minimum Gasteiger partial charge on any atom is -0.494 e. The van der Waals surface area contributed by atoms with Crippen molar-refractivity contribution in [2.24, 2.45) is 0 Å². The molecule has 0 aliphatic carbocycles. The van der Waals surface area contributed by atoms with E-state index in [0.29, 0.717) is 70.8 Å². The Hall–Kier alpha value is -6.68. The van der Waals surface area contributed by atoms with Crippen LogP contribution in [-0.2, 0) is 9.53 Å². The standard InChI is InChI=1S/C55H62O10/c1-4-5-6-7-8-9-10-11-12-15-38-60-47-28-24-45(25-29-47)54(58)65-51-36-26-46(27-37-51)55(59)64-50-34-20-43(21-35-50)42-18-32-49(33-19-42)63-53(57)44-22-30-48(31-23-44)61-39-16-13-14-17-40-62-52(56)41(2)3/h18-37H,2,4-17,38-40H2,1,3H3. The predicted octanol–water partition coefficient (Wildman–Crippen LogP) is 13.4. The van der Waals surface area contributed by atoms with Crippen molar-refractivity contribution in [2.75, 3.05) is 19.8 Å². The molecule has 0 fully saturated rings. The highest BCUT2D eigenvalue weighted by Crippen LogP contribution is 2.26. The van der Waals surface area contributed by atoms with E-state index in [1.807, 2.05) is 24.3 Å². The molecule has 0 aromatic heterocycles. The third-order valence-electron chi connectivity index (χ3n) is 10.6. The van der Waals surface area contributed by atoms with E-state index in [0.717, 1.165) is 49.7 Å². The fourth-order valence-electron chi connectivity index (χ4n) is 6.78. The van der Waals surface area contributed by atoms with Gasteiger partial charge in [0.1, 0.15) is 28.7 Å². The lowest BCUT2D eigenvalue weighted by Crippen LogP contribution is -2.10. The highest BCUT2D eigenvalue weighted by Gasteiger charge is 2.14. The number of benzene rings is 5. The van der Waals surface area contributed by atoms with E-state index >= 15 is 0 Å². The van der Waals surface area contributed by atoms with Crippen LogP contribution in [0.2, 0.25) is 0 Å². The maximum Gasteiger partial charge on any atom is 0.343 e. The van der Waals surface area contributed by atoms with Gasteiger partial charge in [0, 0.05) is 5.57 Å². The SMILES string of the molecule is C=C(C)C(=O)OCCCCCCOc1ccc(C(=O)Oc2ccc(-c3ccc(OC(=O)c4ccc(OC(=O)c5ccc(OCCCCCCCCCCCC)cc5)cc4)cc3)cc2)cc1. The van der Waals surface area contributed by atoms with Gasteiger partial charge in [0.2, 0.25) is 0 Å². The first-order valence-corrected chi connectivity index (χ1v) is 22.9. The summed E-state index contributed by atoms with van der Waals surface area (Å²) in [5.74, 6) is 0.531. The molecule has 5 rings (SSSR count). The molecule has 10 heteroatoms. The van der Waals surface area contributed by atoms with E-state index in [1.54, 1.807) is 104 Å². The van der Waals surface area contributed by atoms with Crippen LogP contribution in [-0.4, -0.2) is 43.7 Å². The average Bonchev–Trinajstić information content (AvgIpc) is 3.32. The van der Waals surface area contributed by atoms with E-state index in [1.165, 1.54) is 51.4 Å². The summed E-state index contributed by atoms with van der Waals surface area (Å²) in [6.45, 7) is 9.02. The monoisotopic (exact) mass is 882 g/mol. The molecule has 0 N–H and O–H groups in total. The summed E-state index contributed by atoms with van der Waals surface area (Å²) in [6, 6.07) is 34.1. The van der Waals surface area contributed by atoms with Gasteiger partial charge in [-0.05, 0) is 147 Å². The molecule has 0 heterocycles. The molecule has 0 saturated heterocycles. The maximum atomic E-state index is 12.9. The molecule has 0 aliphatic rings. The van der Waals surface area contributed by atoms with Crippen LogP contribution in [0.5, 0.6) is 28.7 Å². The molecule has 10 nitrogen and oxygen atoms in total. The van der Waals surface area contributed by atoms with Crippen LogP contribution in [0, 0.1) is 0 Å². The van der Waals surface area contributed by atoms with Gasteiger partial charge in [0.05, 0.1) is 36.5 Å². The highest BCUT2D eigenvalue weighted by molar-refractivity contribution is 5.93. The van der Waals surface area contributed by atoms with Crippen molar-refractivity contribution >= 4 is 23.9 Å². The molecule has 0 bridgehead atoms. The lowest BCUT2D eigenvalue weighted by Gasteiger charge is -2.09. The van der Waals surface area contributed by atoms with Crippen LogP contribution < -0.4 is 23.7 Å². The zero-order valence-electron chi connectivity index (χ0n) is 37.9. The molecule has 5 aromatic carbocycles. The van der Waals surface area contributed by atoms with Gasteiger partial charge in [0.15, 0.2) is 0 Å². The van der Waals surface area contributed by atoms with E-state index in [9.17, 15) is 19.2 Å². The van der Waals surface area contributed by atoms with Gasteiger partial charge in [0.25, 0.3) is 0 Å². The second-order valence-corrected chi connectivity index (χ2v) is 16.0. The lowest BCUT2D eigenvalue weighted by atomic mass is 10.1. The molecule has 5 aromatic rings. The summed E-state index contributed by atoms with van der Waals surface area (Å²) in [5.41, 5.74) is 3.24. The van der Waals surface area contributed by atoms with Gasteiger partial charge < -0.3 is 28.4 Å². The number of hydrogen-bond acceptors (Lipinski definition) is 10. The summed E-state index contributed by atoms with van der Waals surface area (Å²) in [5, 5.41) is 0. The number of hydrogen-bond donors (Lipinski definition) is 0. The zero-order valence-corrected chi connectivity index (χ0v) is 37.9. The Labute approximate surface area is 383 Å². The first-order chi connectivity index (χ1) is 31.7. The van der Waals surface area contributed by atoms with Crippen molar-refractivity contribution in [3.8, 4) is 39.9 Å². The average molecular weight is 883 g/mol. The van der Waals surface area contributed by atoms with Crippen molar-refractivity contribution in [3.63, 3.8) is 0 Å². The Bertz CT molecular complexity index is 2230. The summed E-state index contributed by atoms with van der Waals surface area (Å²) in [7, 11) is 0. The second-order valence-electron chi connectivity index (χ2n) is 16.0. The molecule has 0 radical (unpaired) electrons. The maximum absolute atomic E-state index is 12.9. The third kappa shape index (κ3) is 17.8. The van der Waals surface area contributed by atoms with Gasteiger partial charge in [-0.1, -0.05) is 95.6 Å². The lowest BCUT2D eigenvalue weighted by molar-refractivity contribution is -0.139. The molecule has 0 spiro atoms. The minimum absolute atomic E-state index is 0.299. The van der Waals surface area contributed by atoms with E-state index in [4.69, 9.17) is 28.4 Å². The normalized spacial score (nSPS) is 10.7. The Morgan fingerprint density at radius 3 is 1.02 bits per heavy atom. The van der Waals surface area contributed by atoms with Gasteiger partial charge >= 0.3 is 23.9 Å². The smallest absolute Gasteiger partial charge is 0.343 e. The van der Waals surface area contributed by atoms with Crippen LogP contribution in [0.4, 0.5) is 0 Å². The van der Waals surface area contributed by atoms with Gasteiger partial charge in [-0.3, -0.25) is 0 Å². The number of carbonyl (C=O) groups is 4. The molecule has 0 aliphatic heterocycles. The van der Waals surface area contributed by atoms with Gasteiger partial charge in [-0.15, -0.1) is 0 Å². The summed E-state index contributed by atoms with van der Waals surface area (Å²) < 4.78 is 33.5. The molecule has 0 saturated carbocycles. The largest absolute Gasteiger partial charge is 0.494 e. The Morgan fingerprint density at radius 1 is 0.385 bits per heavy atom. The molecular weight excluding hydrogens is 821 g/mol. The van der Waals surface area contributed by atoms with E-state index < -0.39 is 17.9 Å². The third-order valence-corrected chi connectivity index (χ3v) is 10.6. The van der Waals surface area contributed by atoms with Gasteiger partial charge in [-0.25, -0.2) is 19.2 Å². The molecular formula is C55H62O10. The van der Waals surface area contributed by atoms with Crippen molar-refractivity contribution < 1.29 is 47.6 Å². The first kappa shape index (κ1) is 49.3. The minimum atomic E-state index is -0.554. The number of ether oxygens (including phenoxy) is 6. The molecule has 0 unspecified atom stereocenters. The highest BCUT2D eigenvalue weighted by atomic mass is 16.5. The van der Waals surface area contributed by atoms with Crippen molar-refractivity contribution in [1.82, 2.24) is 0 Å². The van der Waals surface area contributed by atoms with Crippen LogP contribution in [0.1, 0.15) is 135 Å². The quantitative estimate of drug-likeness (QED) is 0.0207. The number of unbranched alkanes of at least 4 members (excludes halogenated alkanes) is 12.